The highest BCUT2D eigenvalue weighted by Crippen LogP contribution is 2.42. The van der Waals surface area contributed by atoms with Crippen LogP contribution in [0.1, 0.15) is 23.5 Å². The minimum atomic E-state index is -0.695. The van der Waals surface area contributed by atoms with Crippen LogP contribution >= 0.6 is 34.5 Å². The fourth-order valence-electron chi connectivity index (χ4n) is 3.07. The van der Waals surface area contributed by atoms with Gasteiger partial charge in [-0.1, -0.05) is 23.2 Å². The number of halogens is 3. The lowest BCUT2D eigenvalue weighted by molar-refractivity contribution is 0.227. The van der Waals surface area contributed by atoms with Crippen molar-refractivity contribution in [2.45, 2.75) is 19.6 Å². The van der Waals surface area contributed by atoms with Crippen LogP contribution in [-0.4, -0.2) is 4.98 Å². The molecule has 4 aromatic rings. The second-order valence-corrected chi connectivity index (χ2v) is 8.31. The van der Waals surface area contributed by atoms with Gasteiger partial charge >= 0.3 is 0 Å². The molecule has 0 bridgehead atoms. The van der Waals surface area contributed by atoms with E-state index in [9.17, 15) is 4.39 Å². The molecule has 3 aromatic heterocycles. The second kappa shape index (κ2) is 7.84. The zero-order valence-corrected chi connectivity index (χ0v) is 17.5. The molecule has 0 radical (unpaired) electrons. The van der Waals surface area contributed by atoms with Gasteiger partial charge < -0.3 is 20.6 Å². The molecule has 9 heteroatoms. The molecule has 3 heterocycles. The lowest BCUT2D eigenvalue weighted by Gasteiger charge is -2.18. The van der Waals surface area contributed by atoms with Gasteiger partial charge in [-0.3, -0.25) is 0 Å². The molecular formula is C20H16Cl2FN3O2S. The maximum Gasteiger partial charge on any atom is 0.205 e. The highest BCUT2D eigenvalue weighted by atomic mass is 35.5. The predicted molar refractivity (Wildman–Crippen MR) is 115 cm³/mol. The number of furan rings is 1. The van der Waals surface area contributed by atoms with E-state index in [1.807, 2.05) is 12.1 Å². The number of nitrogen functional groups attached to an aromatic ring is 1. The number of anilines is 1. The molecule has 0 fully saturated rings. The average Bonchev–Trinajstić information content (AvgIpc) is 3.34. The monoisotopic (exact) mass is 451 g/mol. The van der Waals surface area contributed by atoms with Crippen LogP contribution in [0.3, 0.4) is 0 Å². The van der Waals surface area contributed by atoms with Gasteiger partial charge in [-0.2, -0.15) is 0 Å². The van der Waals surface area contributed by atoms with Crippen LogP contribution in [0.5, 0.6) is 5.75 Å². The lowest BCUT2D eigenvalue weighted by Crippen LogP contribution is -2.08. The van der Waals surface area contributed by atoms with Gasteiger partial charge in [0.05, 0.1) is 10.4 Å². The summed E-state index contributed by atoms with van der Waals surface area (Å²) >= 11 is 13.9. The summed E-state index contributed by atoms with van der Waals surface area (Å²) in [4.78, 5) is 6.28. The highest BCUT2D eigenvalue weighted by molar-refractivity contribution is 7.15. The number of nitrogens with zero attached hydrogens (tertiary/aromatic N) is 1. The molecule has 1 aromatic carbocycles. The number of benzene rings is 1. The Morgan fingerprint density at radius 2 is 2.07 bits per heavy atom. The summed E-state index contributed by atoms with van der Waals surface area (Å²) in [6.07, 6.45) is 2.56. The Balaban J connectivity index is 1.77. The summed E-state index contributed by atoms with van der Waals surface area (Å²) in [7, 11) is 0. The second-order valence-electron chi connectivity index (χ2n) is 6.35. The van der Waals surface area contributed by atoms with Crippen molar-refractivity contribution in [3.05, 3.63) is 63.0 Å². The van der Waals surface area contributed by atoms with Crippen molar-refractivity contribution < 1.29 is 13.5 Å². The number of ether oxygens (including phenoxy) is 1. The van der Waals surface area contributed by atoms with E-state index in [4.69, 9.17) is 43.8 Å². The Morgan fingerprint density at radius 3 is 2.79 bits per heavy atom. The largest absolute Gasteiger partial charge is 0.478 e. The number of hydrogen-bond acceptors (Lipinski definition) is 6. The van der Waals surface area contributed by atoms with E-state index in [0.29, 0.717) is 17.7 Å². The summed E-state index contributed by atoms with van der Waals surface area (Å²) < 4.78 is 25.7. The first kappa shape index (κ1) is 20.0. The van der Waals surface area contributed by atoms with E-state index in [2.05, 4.69) is 4.98 Å². The number of hydrogen-bond donors (Lipinski definition) is 2. The highest BCUT2D eigenvalue weighted by Gasteiger charge is 2.23. The first-order chi connectivity index (χ1) is 13.9. The van der Waals surface area contributed by atoms with Gasteiger partial charge in [0, 0.05) is 38.6 Å². The molecule has 4 N–H and O–H groups in total. The molecule has 0 aliphatic carbocycles. The molecule has 0 aliphatic rings. The zero-order chi connectivity index (χ0) is 20.7. The third-order valence-electron chi connectivity index (χ3n) is 4.51. The van der Waals surface area contributed by atoms with Crippen molar-refractivity contribution in [2.24, 2.45) is 5.73 Å². The maximum absolute atomic E-state index is 13.9. The Kier molecular flexibility index (Phi) is 5.40. The molecule has 0 spiro atoms. The molecule has 1 atom stereocenters. The quantitative estimate of drug-likeness (QED) is 0.353. The normalized spacial score (nSPS) is 12.4. The van der Waals surface area contributed by atoms with E-state index in [1.54, 1.807) is 30.7 Å². The number of rotatable bonds is 5. The van der Waals surface area contributed by atoms with Crippen LogP contribution in [0.15, 0.2) is 41.1 Å². The number of thiophene rings is 1. The summed E-state index contributed by atoms with van der Waals surface area (Å²) in [6.45, 7) is 2.16. The Labute approximate surface area is 180 Å². The first-order valence-corrected chi connectivity index (χ1v) is 10.2. The SMILES string of the molecule is C[C@@H](Oc1c(N)ncc2c(-c3ccc(CN)s3)coc12)c1c(Cl)ccc(F)c1Cl. The number of aromatic nitrogens is 1. The molecule has 150 valence electrons. The first-order valence-electron chi connectivity index (χ1n) is 8.65. The molecule has 4 rings (SSSR count). The van der Waals surface area contributed by atoms with Crippen LogP contribution in [0.25, 0.3) is 21.4 Å². The van der Waals surface area contributed by atoms with E-state index < -0.39 is 11.9 Å². The van der Waals surface area contributed by atoms with Crippen molar-refractivity contribution in [1.82, 2.24) is 4.98 Å². The van der Waals surface area contributed by atoms with Crippen LogP contribution in [0.4, 0.5) is 10.2 Å². The van der Waals surface area contributed by atoms with Gasteiger partial charge in [0.15, 0.2) is 11.4 Å². The van der Waals surface area contributed by atoms with Gasteiger partial charge in [0.2, 0.25) is 5.75 Å². The summed E-state index contributed by atoms with van der Waals surface area (Å²) in [5.41, 5.74) is 13.4. The third-order valence-corrected chi connectivity index (χ3v) is 6.36. The zero-order valence-electron chi connectivity index (χ0n) is 15.2. The molecule has 5 nitrogen and oxygen atoms in total. The summed E-state index contributed by atoms with van der Waals surface area (Å²) in [6, 6.07) is 6.57. The van der Waals surface area contributed by atoms with Crippen LogP contribution < -0.4 is 16.2 Å². The molecule has 29 heavy (non-hydrogen) atoms. The Hall–Kier alpha value is -2.32. The van der Waals surface area contributed by atoms with E-state index in [0.717, 1.165) is 20.7 Å². The van der Waals surface area contributed by atoms with Crippen LogP contribution in [0.2, 0.25) is 10.0 Å². The number of nitrogens with two attached hydrogens (primary N) is 2. The predicted octanol–water partition coefficient (Wildman–Crippen LogP) is 6.18. The average molecular weight is 452 g/mol. The van der Waals surface area contributed by atoms with Crippen molar-refractivity contribution in [1.29, 1.82) is 0 Å². The molecule has 0 aliphatic heterocycles. The van der Waals surface area contributed by atoms with E-state index in [1.165, 1.54) is 12.1 Å². The van der Waals surface area contributed by atoms with Gasteiger partial charge in [-0.15, -0.1) is 11.3 Å². The topological polar surface area (TPSA) is 87.3 Å². The van der Waals surface area contributed by atoms with Crippen molar-refractivity contribution in [3.8, 4) is 16.2 Å². The van der Waals surface area contributed by atoms with E-state index in [-0.39, 0.29) is 21.6 Å². The van der Waals surface area contributed by atoms with Gasteiger partial charge in [0.25, 0.3) is 0 Å². The number of pyridine rings is 1. The number of fused-ring (bicyclic) bond motifs is 1. The van der Waals surface area contributed by atoms with Crippen LogP contribution in [0, 0.1) is 5.82 Å². The fraction of sp³-hybridized carbons (Fsp3) is 0.150. The summed E-state index contributed by atoms with van der Waals surface area (Å²) in [5.74, 6) is -0.199. The molecule has 0 saturated heterocycles. The van der Waals surface area contributed by atoms with Gasteiger partial charge in [-0.05, 0) is 31.2 Å². The van der Waals surface area contributed by atoms with Crippen molar-refractivity contribution >= 4 is 51.3 Å². The van der Waals surface area contributed by atoms with Gasteiger partial charge in [-0.25, -0.2) is 9.37 Å². The summed E-state index contributed by atoms with van der Waals surface area (Å²) in [5, 5.41) is 0.927. The van der Waals surface area contributed by atoms with E-state index >= 15 is 0 Å². The third kappa shape index (κ3) is 3.55. The molecular weight excluding hydrogens is 436 g/mol. The standard InChI is InChI=1S/C20H16Cl2FN3O2S/c1-9(16-13(21)3-4-14(23)17(16)22)28-19-18-11(7-26-20(19)25)12(8-27-18)15-5-2-10(6-24)29-15/h2-5,7-9H,6,24H2,1H3,(H2,25,26)/t9-/m1/s1. The Morgan fingerprint density at radius 1 is 1.28 bits per heavy atom. The van der Waals surface area contributed by atoms with Gasteiger partial charge in [0.1, 0.15) is 18.2 Å². The van der Waals surface area contributed by atoms with Crippen molar-refractivity contribution in [2.75, 3.05) is 5.73 Å². The maximum atomic E-state index is 13.9. The fourth-order valence-corrected chi connectivity index (χ4v) is 4.65. The minimum Gasteiger partial charge on any atom is -0.478 e. The van der Waals surface area contributed by atoms with Crippen molar-refractivity contribution in [3.63, 3.8) is 0 Å². The smallest absolute Gasteiger partial charge is 0.205 e. The lowest BCUT2D eigenvalue weighted by atomic mass is 10.1. The Bertz CT molecular complexity index is 1210. The minimum absolute atomic E-state index is 0.100. The molecule has 0 unspecified atom stereocenters. The van der Waals surface area contributed by atoms with Crippen LogP contribution in [-0.2, 0) is 6.54 Å². The molecule has 0 saturated carbocycles. The molecule has 0 amide bonds.